The molecule has 0 unspecified atom stereocenters. The summed E-state index contributed by atoms with van der Waals surface area (Å²) in [6, 6.07) is 10.2. The summed E-state index contributed by atoms with van der Waals surface area (Å²) in [5, 5.41) is 21.0. The Bertz CT molecular complexity index is 1570. The molecule has 1 atom stereocenters. The fraction of sp³-hybridized carbons (Fsp3) is 0.240. The molecule has 0 amide bonds. The molecule has 1 N–H and O–H groups in total. The zero-order valence-corrected chi connectivity index (χ0v) is 20.6. The summed E-state index contributed by atoms with van der Waals surface area (Å²) in [4.78, 5) is 42.1. The standard InChI is InChI=1S/C25H23N3O7S/c1-4-34-19-9-7-6-8-16(19)22-21(24(31)35-5-2)14(3)26-25-27(22)23(30)20(36-25)13-15-10-11-18(29)17(12-15)28(32)33/h6-13,22,29H,4-5H2,1-3H3/b20-13-/t22-/m0/s1. The maximum Gasteiger partial charge on any atom is 0.338 e. The Balaban J connectivity index is 1.97. The van der Waals surface area contributed by atoms with Crippen molar-refractivity contribution in [2.45, 2.75) is 26.8 Å². The summed E-state index contributed by atoms with van der Waals surface area (Å²) in [7, 11) is 0. The van der Waals surface area contributed by atoms with Gasteiger partial charge in [-0.1, -0.05) is 35.6 Å². The number of esters is 1. The van der Waals surface area contributed by atoms with Gasteiger partial charge in [0.2, 0.25) is 0 Å². The van der Waals surface area contributed by atoms with Crippen LogP contribution in [0.4, 0.5) is 5.69 Å². The average Bonchev–Trinajstić information content (AvgIpc) is 3.14. The number of hydrogen-bond donors (Lipinski definition) is 1. The first-order valence-corrected chi connectivity index (χ1v) is 12.0. The summed E-state index contributed by atoms with van der Waals surface area (Å²) in [5.41, 5.74) is 0.698. The minimum absolute atomic E-state index is 0.152. The number of ether oxygens (including phenoxy) is 2. The van der Waals surface area contributed by atoms with E-state index in [2.05, 4.69) is 4.99 Å². The number of aromatic nitrogens is 1. The van der Waals surface area contributed by atoms with Crippen molar-refractivity contribution in [1.29, 1.82) is 0 Å². The number of phenolic OH excluding ortho intramolecular Hbond substituents is 1. The Labute approximate surface area is 209 Å². The van der Waals surface area contributed by atoms with Gasteiger partial charge < -0.3 is 14.6 Å². The third-order valence-corrected chi connectivity index (χ3v) is 6.51. The highest BCUT2D eigenvalue weighted by molar-refractivity contribution is 7.07. The van der Waals surface area contributed by atoms with Crippen LogP contribution in [0.3, 0.4) is 0 Å². The molecule has 1 aromatic heterocycles. The number of nitrogens with zero attached hydrogens (tertiary/aromatic N) is 3. The Morgan fingerprint density at radius 3 is 2.69 bits per heavy atom. The highest BCUT2D eigenvalue weighted by atomic mass is 32.1. The zero-order valence-electron chi connectivity index (χ0n) is 19.8. The first-order valence-electron chi connectivity index (χ1n) is 11.2. The lowest BCUT2D eigenvalue weighted by molar-refractivity contribution is -0.385. The van der Waals surface area contributed by atoms with Gasteiger partial charge in [-0.15, -0.1) is 0 Å². The van der Waals surface area contributed by atoms with E-state index in [1.807, 2.05) is 6.92 Å². The molecule has 0 radical (unpaired) electrons. The van der Waals surface area contributed by atoms with Crippen LogP contribution in [-0.2, 0) is 9.53 Å². The number of carbonyl (C=O) groups excluding carboxylic acids is 1. The van der Waals surface area contributed by atoms with Crippen LogP contribution in [0.15, 0.2) is 63.5 Å². The van der Waals surface area contributed by atoms with Crippen LogP contribution in [-0.4, -0.2) is 33.8 Å². The molecule has 3 aromatic rings. The smallest absolute Gasteiger partial charge is 0.338 e. The lowest BCUT2D eigenvalue weighted by Gasteiger charge is -2.26. The molecule has 0 saturated carbocycles. The first kappa shape index (κ1) is 24.9. The van der Waals surface area contributed by atoms with Crippen LogP contribution >= 0.6 is 11.3 Å². The van der Waals surface area contributed by atoms with Crippen molar-refractivity contribution in [1.82, 2.24) is 4.57 Å². The predicted molar refractivity (Wildman–Crippen MR) is 133 cm³/mol. The lowest BCUT2D eigenvalue weighted by atomic mass is 9.95. The molecule has 10 nitrogen and oxygen atoms in total. The van der Waals surface area contributed by atoms with Crippen molar-refractivity contribution < 1.29 is 24.3 Å². The number of hydrogen-bond acceptors (Lipinski definition) is 9. The second-order valence-corrected chi connectivity index (χ2v) is 8.79. The van der Waals surface area contributed by atoms with E-state index < -0.39 is 33.9 Å². The topological polar surface area (TPSA) is 133 Å². The van der Waals surface area contributed by atoms with Gasteiger partial charge in [-0.3, -0.25) is 19.5 Å². The van der Waals surface area contributed by atoms with Crippen LogP contribution in [0.5, 0.6) is 11.5 Å². The SMILES string of the molecule is CCOC(=O)C1=C(C)N=c2s/c(=C\c3ccc(O)c([N+](=O)[O-])c3)c(=O)n2[C@H]1c1ccccc1OCC. The Hall–Kier alpha value is -4.25. The van der Waals surface area contributed by atoms with E-state index in [9.17, 15) is 24.8 Å². The third kappa shape index (κ3) is 4.52. The second-order valence-electron chi connectivity index (χ2n) is 7.78. The van der Waals surface area contributed by atoms with Crippen molar-refractivity contribution in [3.8, 4) is 11.5 Å². The van der Waals surface area contributed by atoms with Gasteiger partial charge in [-0.05, 0) is 44.5 Å². The number of aromatic hydroxyl groups is 1. The van der Waals surface area contributed by atoms with Crippen molar-refractivity contribution in [3.63, 3.8) is 0 Å². The summed E-state index contributed by atoms with van der Waals surface area (Å²) in [6.45, 7) is 5.76. The molecule has 2 aromatic carbocycles. The minimum atomic E-state index is -0.848. The van der Waals surface area contributed by atoms with Gasteiger partial charge in [0.25, 0.3) is 5.56 Å². The number of carbonyl (C=O) groups is 1. The van der Waals surface area contributed by atoms with Crippen molar-refractivity contribution in [3.05, 3.63) is 94.7 Å². The van der Waals surface area contributed by atoms with Gasteiger partial charge in [-0.25, -0.2) is 9.79 Å². The number of phenols is 1. The number of allylic oxidation sites excluding steroid dienone is 1. The molecular formula is C25H23N3O7S. The number of nitro groups is 1. The molecule has 1 aliphatic heterocycles. The molecule has 0 saturated heterocycles. The molecule has 11 heteroatoms. The molecule has 4 rings (SSSR count). The summed E-state index contributed by atoms with van der Waals surface area (Å²) >= 11 is 1.09. The number of fused-ring (bicyclic) bond motifs is 1. The number of nitro benzene ring substituents is 1. The summed E-state index contributed by atoms with van der Waals surface area (Å²) in [6.07, 6.45) is 1.49. The van der Waals surface area contributed by atoms with E-state index in [1.165, 1.54) is 28.8 Å². The largest absolute Gasteiger partial charge is 0.502 e. The molecule has 186 valence electrons. The van der Waals surface area contributed by atoms with E-state index >= 15 is 0 Å². The van der Waals surface area contributed by atoms with E-state index in [1.54, 1.807) is 38.1 Å². The Kier molecular flexibility index (Phi) is 7.02. The first-order chi connectivity index (χ1) is 17.3. The molecule has 0 spiro atoms. The highest BCUT2D eigenvalue weighted by Crippen LogP contribution is 2.36. The molecule has 36 heavy (non-hydrogen) atoms. The number of rotatable bonds is 7. The van der Waals surface area contributed by atoms with Gasteiger partial charge in [0, 0.05) is 11.6 Å². The lowest BCUT2D eigenvalue weighted by Crippen LogP contribution is -2.40. The van der Waals surface area contributed by atoms with Crippen molar-refractivity contribution >= 4 is 29.1 Å². The van der Waals surface area contributed by atoms with Crippen molar-refractivity contribution in [2.75, 3.05) is 13.2 Å². The van der Waals surface area contributed by atoms with Gasteiger partial charge in [-0.2, -0.15) is 0 Å². The van der Waals surface area contributed by atoms with E-state index in [0.717, 1.165) is 11.3 Å². The molecule has 0 bridgehead atoms. The van der Waals surface area contributed by atoms with E-state index in [-0.39, 0.29) is 16.7 Å². The highest BCUT2D eigenvalue weighted by Gasteiger charge is 2.35. The van der Waals surface area contributed by atoms with E-state index in [4.69, 9.17) is 9.47 Å². The van der Waals surface area contributed by atoms with Gasteiger partial charge >= 0.3 is 11.7 Å². The summed E-state index contributed by atoms with van der Waals surface area (Å²) < 4.78 is 12.8. The van der Waals surface area contributed by atoms with Gasteiger partial charge in [0.1, 0.15) is 11.8 Å². The third-order valence-electron chi connectivity index (χ3n) is 5.52. The molecule has 1 aliphatic rings. The maximum absolute atomic E-state index is 13.7. The number of para-hydroxylation sites is 1. The Morgan fingerprint density at radius 1 is 1.25 bits per heavy atom. The fourth-order valence-electron chi connectivity index (χ4n) is 4.01. The van der Waals surface area contributed by atoms with Crippen LogP contribution in [0, 0.1) is 10.1 Å². The number of benzene rings is 2. The minimum Gasteiger partial charge on any atom is -0.502 e. The second kappa shape index (κ2) is 10.2. The average molecular weight is 510 g/mol. The molecule has 2 heterocycles. The van der Waals surface area contributed by atoms with Crippen molar-refractivity contribution in [2.24, 2.45) is 4.99 Å². The quantitative estimate of drug-likeness (QED) is 0.294. The molecule has 0 aliphatic carbocycles. The van der Waals surface area contributed by atoms with Crippen LogP contribution in [0.25, 0.3) is 6.08 Å². The predicted octanol–water partition coefficient (Wildman–Crippen LogP) is 2.81. The van der Waals surface area contributed by atoms with E-state index in [0.29, 0.717) is 34.0 Å². The van der Waals surface area contributed by atoms with Gasteiger partial charge in [0.15, 0.2) is 10.6 Å². The molecular weight excluding hydrogens is 486 g/mol. The van der Waals surface area contributed by atoms with Crippen LogP contribution < -0.4 is 19.6 Å². The van der Waals surface area contributed by atoms with Crippen LogP contribution in [0.1, 0.15) is 37.9 Å². The zero-order chi connectivity index (χ0) is 26.0. The number of thiazole rings is 1. The maximum atomic E-state index is 13.7. The normalized spacial score (nSPS) is 15.3. The Morgan fingerprint density at radius 2 is 2.00 bits per heavy atom. The fourth-order valence-corrected chi connectivity index (χ4v) is 5.05. The van der Waals surface area contributed by atoms with Crippen LogP contribution in [0.2, 0.25) is 0 Å². The molecule has 0 fully saturated rings. The monoisotopic (exact) mass is 509 g/mol. The van der Waals surface area contributed by atoms with Gasteiger partial charge in [0.05, 0.1) is 33.9 Å². The summed E-state index contributed by atoms with van der Waals surface area (Å²) in [5.74, 6) is -0.537.